The summed E-state index contributed by atoms with van der Waals surface area (Å²) in [5, 5.41) is 4.43. The van der Waals surface area contributed by atoms with Crippen LogP contribution >= 0.6 is 0 Å². The zero-order valence-corrected chi connectivity index (χ0v) is 11.2. The summed E-state index contributed by atoms with van der Waals surface area (Å²) >= 11 is 0. The van der Waals surface area contributed by atoms with Gasteiger partial charge in [0.1, 0.15) is 5.69 Å². The Bertz CT molecular complexity index is 534. The summed E-state index contributed by atoms with van der Waals surface area (Å²) in [6.07, 6.45) is 3.63. The molecule has 0 N–H and O–H groups in total. The van der Waals surface area contributed by atoms with Gasteiger partial charge in [-0.3, -0.25) is 0 Å². The highest BCUT2D eigenvalue weighted by atomic mass is 16.5. The van der Waals surface area contributed by atoms with Gasteiger partial charge in [-0.2, -0.15) is 5.10 Å². The minimum Gasteiger partial charge on any atom is -0.493 e. The standard InChI is InChI=1S/C13H18N4O/c1-10-12(18-4)9-17(15-10)13-11(8-16(2)3)6-5-7-14-13/h5-7,9H,8H2,1-4H3. The molecule has 0 atom stereocenters. The van der Waals surface area contributed by atoms with E-state index >= 15 is 0 Å². The van der Waals surface area contributed by atoms with E-state index in [0.29, 0.717) is 0 Å². The number of aromatic nitrogens is 3. The number of aryl methyl sites for hydroxylation is 1. The third kappa shape index (κ3) is 2.51. The van der Waals surface area contributed by atoms with Crippen LogP contribution in [0.1, 0.15) is 11.3 Å². The SMILES string of the molecule is COc1cn(-c2ncccc2CN(C)C)nc1C. The third-order valence-electron chi connectivity index (χ3n) is 2.64. The molecule has 2 aromatic rings. The van der Waals surface area contributed by atoms with E-state index in [1.165, 1.54) is 0 Å². The van der Waals surface area contributed by atoms with E-state index in [9.17, 15) is 0 Å². The number of pyridine rings is 1. The Kier molecular flexibility index (Phi) is 3.62. The highest BCUT2D eigenvalue weighted by Gasteiger charge is 2.11. The van der Waals surface area contributed by atoms with E-state index in [0.717, 1.165) is 29.4 Å². The van der Waals surface area contributed by atoms with Crippen molar-refractivity contribution < 1.29 is 4.74 Å². The van der Waals surface area contributed by atoms with E-state index in [1.54, 1.807) is 18.0 Å². The Morgan fingerprint density at radius 1 is 1.39 bits per heavy atom. The predicted octanol–water partition coefficient (Wildman–Crippen LogP) is 1.65. The molecule has 0 saturated carbocycles. The van der Waals surface area contributed by atoms with Crippen molar-refractivity contribution in [2.75, 3.05) is 21.2 Å². The molecule has 2 rings (SSSR count). The van der Waals surface area contributed by atoms with E-state index in [4.69, 9.17) is 4.74 Å². The van der Waals surface area contributed by atoms with Gasteiger partial charge in [0.05, 0.1) is 13.3 Å². The van der Waals surface area contributed by atoms with Gasteiger partial charge in [-0.1, -0.05) is 6.07 Å². The summed E-state index contributed by atoms with van der Waals surface area (Å²) in [6.45, 7) is 2.74. The van der Waals surface area contributed by atoms with Gasteiger partial charge in [0.2, 0.25) is 0 Å². The molecule has 0 bridgehead atoms. The van der Waals surface area contributed by atoms with Gasteiger partial charge in [0.25, 0.3) is 0 Å². The van der Waals surface area contributed by atoms with Crippen molar-refractivity contribution in [1.29, 1.82) is 0 Å². The minimum absolute atomic E-state index is 0.774. The lowest BCUT2D eigenvalue weighted by molar-refractivity contribution is 0.400. The van der Waals surface area contributed by atoms with E-state index in [2.05, 4.69) is 21.0 Å². The molecule has 18 heavy (non-hydrogen) atoms. The Balaban J connectivity index is 2.42. The first-order chi connectivity index (χ1) is 8.61. The van der Waals surface area contributed by atoms with Crippen LogP contribution in [0.15, 0.2) is 24.5 Å². The average molecular weight is 246 g/mol. The predicted molar refractivity (Wildman–Crippen MR) is 70.0 cm³/mol. The lowest BCUT2D eigenvalue weighted by Gasteiger charge is -2.12. The van der Waals surface area contributed by atoms with Crippen LogP contribution in [0, 0.1) is 6.92 Å². The fraction of sp³-hybridized carbons (Fsp3) is 0.385. The monoisotopic (exact) mass is 246 g/mol. The summed E-state index contributed by atoms with van der Waals surface area (Å²) in [5.74, 6) is 1.62. The van der Waals surface area contributed by atoms with Crippen LogP contribution < -0.4 is 4.74 Å². The number of hydrogen-bond donors (Lipinski definition) is 0. The molecule has 2 heterocycles. The van der Waals surface area contributed by atoms with Crippen molar-refractivity contribution in [3.8, 4) is 11.6 Å². The molecule has 0 unspecified atom stereocenters. The maximum absolute atomic E-state index is 5.25. The molecule has 0 fully saturated rings. The van der Waals surface area contributed by atoms with E-state index in [1.807, 2.05) is 33.3 Å². The fourth-order valence-electron chi connectivity index (χ4n) is 1.85. The molecule has 0 aromatic carbocycles. The van der Waals surface area contributed by atoms with Crippen molar-refractivity contribution >= 4 is 0 Å². The number of ether oxygens (including phenoxy) is 1. The second kappa shape index (κ2) is 5.18. The maximum Gasteiger partial charge on any atom is 0.160 e. The first kappa shape index (κ1) is 12.6. The van der Waals surface area contributed by atoms with Gasteiger partial charge in [-0.05, 0) is 27.1 Å². The first-order valence-corrected chi connectivity index (χ1v) is 5.81. The average Bonchev–Trinajstić information content (AvgIpc) is 2.70. The normalized spacial score (nSPS) is 10.9. The topological polar surface area (TPSA) is 43.2 Å². The highest BCUT2D eigenvalue weighted by molar-refractivity contribution is 5.36. The molecular weight excluding hydrogens is 228 g/mol. The molecule has 2 aromatic heterocycles. The number of hydrogen-bond acceptors (Lipinski definition) is 4. The number of nitrogens with zero attached hydrogens (tertiary/aromatic N) is 4. The highest BCUT2D eigenvalue weighted by Crippen LogP contribution is 2.19. The van der Waals surface area contributed by atoms with Crippen LogP contribution in [-0.4, -0.2) is 40.9 Å². The molecule has 0 aliphatic carbocycles. The summed E-state index contributed by atoms with van der Waals surface area (Å²) in [5.41, 5.74) is 1.99. The van der Waals surface area contributed by atoms with Crippen LogP contribution in [-0.2, 0) is 6.54 Å². The summed E-state index contributed by atoms with van der Waals surface area (Å²) < 4.78 is 7.02. The van der Waals surface area contributed by atoms with Gasteiger partial charge in [0, 0.05) is 18.3 Å². The van der Waals surface area contributed by atoms with Gasteiger partial charge < -0.3 is 9.64 Å². The summed E-state index contributed by atoms with van der Waals surface area (Å²) in [7, 11) is 5.71. The molecule has 0 aliphatic rings. The quantitative estimate of drug-likeness (QED) is 0.822. The van der Waals surface area contributed by atoms with Crippen molar-refractivity contribution in [2.45, 2.75) is 13.5 Å². The van der Waals surface area contributed by atoms with Crippen molar-refractivity contribution in [3.63, 3.8) is 0 Å². The molecule has 96 valence electrons. The number of methoxy groups -OCH3 is 1. The molecular formula is C13H18N4O. The van der Waals surface area contributed by atoms with E-state index < -0.39 is 0 Å². The molecule has 0 aliphatic heterocycles. The smallest absolute Gasteiger partial charge is 0.160 e. The van der Waals surface area contributed by atoms with E-state index in [-0.39, 0.29) is 0 Å². The van der Waals surface area contributed by atoms with Gasteiger partial charge in [0.15, 0.2) is 11.6 Å². The summed E-state index contributed by atoms with van der Waals surface area (Å²) in [4.78, 5) is 6.51. The van der Waals surface area contributed by atoms with Crippen molar-refractivity contribution in [2.24, 2.45) is 0 Å². The Hall–Kier alpha value is -1.88. The van der Waals surface area contributed by atoms with Crippen LogP contribution in [0.25, 0.3) is 5.82 Å². The lowest BCUT2D eigenvalue weighted by atomic mass is 10.2. The lowest BCUT2D eigenvalue weighted by Crippen LogP contribution is -2.14. The zero-order chi connectivity index (χ0) is 13.1. The van der Waals surface area contributed by atoms with Gasteiger partial charge in [-0.15, -0.1) is 0 Å². The van der Waals surface area contributed by atoms with Crippen molar-refractivity contribution in [1.82, 2.24) is 19.7 Å². The van der Waals surface area contributed by atoms with Gasteiger partial charge in [-0.25, -0.2) is 9.67 Å². The molecule has 0 radical (unpaired) electrons. The second-order valence-corrected chi connectivity index (χ2v) is 4.45. The minimum atomic E-state index is 0.774. The third-order valence-corrected chi connectivity index (χ3v) is 2.64. The van der Waals surface area contributed by atoms with Crippen LogP contribution in [0.4, 0.5) is 0 Å². The maximum atomic E-state index is 5.25. The van der Waals surface area contributed by atoms with Crippen LogP contribution in [0.2, 0.25) is 0 Å². The van der Waals surface area contributed by atoms with Crippen molar-refractivity contribution in [3.05, 3.63) is 35.8 Å². The molecule has 0 amide bonds. The first-order valence-electron chi connectivity index (χ1n) is 5.81. The zero-order valence-electron chi connectivity index (χ0n) is 11.2. The Morgan fingerprint density at radius 3 is 2.78 bits per heavy atom. The fourth-order valence-corrected chi connectivity index (χ4v) is 1.85. The molecule has 5 nitrogen and oxygen atoms in total. The Morgan fingerprint density at radius 2 is 2.17 bits per heavy atom. The van der Waals surface area contributed by atoms with Gasteiger partial charge >= 0.3 is 0 Å². The molecule has 0 saturated heterocycles. The molecule has 5 heteroatoms. The van der Waals surface area contributed by atoms with Crippen LogP contribution in [0.3, 0.4) is 0 Å². The summed E-state index contributed by atoms with van der Waals surface area (Å²) in [6, 6.07) is 4.00. The Labute approximate surface area is 107 Å². The largest absolute Gasteiger partial charge is 0.493 e. The molecule has 0 spiro atoms. The second-order valence-electron chi connectivity index (χ2n) is 4.45. The number of rotatable bonds is 4. The van der Waals surface area contributed by atoms with Crippen LogP contribution in [0.5, 0.6) is 5.75 Å².